The van der Waals surface area contributed by atoms with Crippen LogP contribution in [0.3, 0.4) is 0 Å². The molecule has 0 bridgehead atoms. The largest absolute Gasteiger partial charge is 0.348 e. The number of amides is 1. The van der Waals surface area contributed by atoms with Gasteiger partial charge < -0.3 is 4.90 Å². The Morgan fingerprint density at radius 3 is 2.65 bits per heavy atom. The highest BCUT2D eigenvalue weighted by Crippen LogP contribution is 2.20. The molecular formula is C13H24N2O2. The number of Topliss-reactive ketones (excluding diaryl/α,β-unsaturated/α-hetero) is 1. The maximum Gasteiger partial charge on any atom is 0.236 e. The summed E-state index contributed by atoms with van der Waals surface area (Å²) in [7, 11) is 3.55. The molecular weight excluding hydrogens is 216 g/mol. The lowest BCUT2D eigenvalue weighted by atomic mass is 9.93. The number of nitrogens with zero attached hydrogens (tertiary/aromatic N) is 2. The Hall–Kier alpha value is -0.900. The molecule has 1 atom stereocenters. The maximum absolute atomic E-state index is 11.8. The topological polar surface area (TPSA) is 40.6 Å². The highest BCUT2D eigenvalue weighted by atomic mass is 16.2. The van der Waals surface area contributed by atoms with Crippen LogP contribution < -0.4 is 0 Å². The van der Waals surface area contributed by atoms with Crippen LogP contribution in [0.2, 0.25) is 0 Å². The molecule has 1 aliphatic rings. The smallest absolute Gasteiger partial charge is 0.236 e. The highest BCUT2D eigenvalue weighted by molar-refractivity contribution is 5.80. The van der Waals surface area contributed by atoms with Crippen LogP contribution in [0.4, 0.5) is 0 Å². The van der Waals surface area contributed by atoms with E-state index >= 15 is 0 Å². The van der Waals surface area contributed by atoms with E-state index in [9.17, 15) is 9.59 Å². The second kappa shape index (κ2) is 6.74. The lowest BCUT2D eigenvalue weighted by Crippen LogP contribution is -2.45. The van der Waals surface area contributed by atoms with Crippen LogP contribution in [0.15, 0.2) is 0 Å². The molecule has 0 radical (unpaired) electrons. The molecule has 0 aromatic carbocycles. The molecule has 4 nitrogen and oxygen atoms in total. The van der Waals surface area contributed by atoms with Crippen molar-refractivity contribution in [1.82, 2.24) is 9.80 Å². The first-order chi connectivity index (χ1) is 8.04. The molecule has 0 N–H and O–H groups in total. The van der Waals surface area contributed by atoms with Gasteiger partial charge in [0.15, 0.2) is 0 Å². The van der Waals surface area contributed by atoms with Crippen molar-refractivity contribution in [3.63, 3.8) is 0 Å². The van der Waals surface area contributed by atoms with Crippen molar-refractivity contribution in [3.05, 3.63) is 0 Å². The number of hydrogen-bond donors (Lipinski definition) is 0. The summed E-state index contributed by atoms with van der Waals surface area (Å²) in [5, 5.41) is 0. The van der Waals surface area contributed by atoms with E-state index in [-0.39, 0.29) is 11.9 Å². The average Bonchev–Trinajstić information content (AvgIpc) is 2.28. The molecule has 1 unspecified atom stereocenters. The second-order valence-electron chi connectivity index (χ2n) is 5.05. The summed E-state index contributed by atoms with van der Waals surface area (Å²) >= 11 is 0. The van der Waals surface area contributed by atoms with Crippen molar-refractivity contribution in [1.29, 1.82) is 0 Å². The van der Waals surface area contributed by atoms with Gasteiger partial charge in [0.2, 0.25) is 5.91 Å². The monoisotopic (exact) mass is 240 g/mol. The Bertz CT molecular complexity index is 277. The normalized spacial score (nSPS) is 20.7. The molecule has 1 rings (SSSR count). The van der Waals surface area contributed by atoms with Crippen LogP contribution in [0.5, 0.6) is 0 Å². The third-order valence-electron chi connectivity index (χ3n) is 3.32. The van der Waals surface area contributed by atoms with E-state index in [2.05, 4.69) is 11.8 Å². The molecule has 1 saturated carbocycles. The number of ketones is 1. The first kappa shape index (κ1) is 14.2. The molecule has 98 valence electrons. The van der Waals surface area contributed by atoms with E-state index < -0.39 is 0 Å². The molecule has 17 heavy (non-hydrogen) atoms. The zero-order chi connectivity index (χ0) is 12.8. The standard InChI is InChI=1S/C13H24N2O2/c1-4-8-15(10-13(17)14(2)3)11-6-5-7-12(16)9-11/h11H,4-10H2,1-3H3. The van der Waals surface area contributed by atoms with E-state index in [0.717, 1.165) is 32.2 Å². The zero-order valence-corrected chi connectivity index (χ0v) is 11.2. The minimum Gasteiger partial charge on any atom is -0.348 e. The van der Waals surface area contributed by atoms with Crippen LogP contribution in [-0.4, -0.2) is 54.7 Å². The summed E-state index contributed by atoms with van der Waals surface area (Å²) in [5.74, 6) is 0.469. The van der Waals surface area contributed by atoms with Crippen LogP contribution in [0, 0.1) is 0 Å². The van der Waals surface area contributed by atoms with Crippen molar-refractivity contribution in [2.24, 2.45) is 0 Å². The van der Waals surface area contributed by atoms with Gasteiger partial charge in [-0.15, -0.1) is 0 Å². The average molecular weight is 240 g/mol. The molecule has 0 aromatic rings. The first-order valence-corrected chi connectivity index (χ1v) is 6.50. The first-order valence-electron chi connectivity index (χ1n) is 6.50. The quantitative estimate of drug-likeness (QED) is 0.727. The number of rotatable bonds is 5. The summed E-state index contributed by atoms with van der Waals surface area (Å²) in [5.41, 5.74) is 0. The van der Waals surface area contributed by atoms with Gasteiger partial charge in [0, 0.05) is 33.0 Å². The molecule has 1 amide bonds. The SMILES string of the molecule is CCCN(CC(=O)N(C)C)C1CCCC(=O)C1. The summed E-state index contributed by atoms with van der Waals surface area (Å²) in [6.45, 7) is 3.45. The Morgan fingerprint density at radius 2 is 2.12 bits per heavy atom. The molecule has 0 aliphatic heterocycles. The Labute approximate surface area is 104 Å². The lowest BCUT2D eigenvalue weighted by Gasteiger charge is -2.33. The van der Waals surface area contributed by atoms with Gasteiger partial charge in [-0.05, 0) is 25.8 Å². The third kappa shape index (κ3) is 4.46. The van der Waals surface area contributed by atoms with Crippen LogP contribution in [0.25, 0.3) is 0 Å². The Kier molecular flexibility index (Phi) is 5.62. The van der Waals surface area contributed by atoms with E-state index in [4.69, 9.17) is 0 Å². The van der Waals surface area contributed by atoms with Crippen LogP contribution in [-0.2, 0) is 9.59 Å². The molecule has 0 aromatic heterocycles. The molecule has 0 saturated heterocycles. The number of likely N-dealkylation sites (N-methyl/N-ethyl adjacent to an activating group) is 1. The van der Waals surface area contributed by atoms with Gasteiger partial charge in [-0.2, -0.15) is 0 Å². The molecule has 0 heterocycles. The van der Waals surface area contributed by atoms with Crippen LogP contribution in [0.1, 0.15) is 39.0 Å². The van der Waals surface area contributed by atoms with Crippen molar-refractivity contribution < 1.29 is 9.59 Å². The van der Waals surface area contributed by atoms with Gasteiger partial charge in [-0.3, -0.25) is 14.5 Å². The van der Waals surface area contributed by atoms with E-state index in [0.29, 0.717) is 18.7 Å². The predicted octanol–water partition coefficient (Wildman–Crippen LogP) is 1.30. The van der Waals surface area contributed by atoms with Gasteiger partial charge >= 0.3 is 0 Å². The predicted molar refractivity (Wildman–Crippen MR) is 67.8 cm³/mol. The van der Waals surface area contributed by atoms with Crippen molar-refractivity contribution in [3.8, 4) is 0 Å². The second-order valence-corrected chi connectivity index (χ2v) is 5.05. The zero-order valence-electron chi connectivity index (χ0n) is 11.2. The Morgan fingerprint density at radius 1 is 1.41 bits per heavy atom. The number of hydrogen-bond acceptors (Lipinski definition) is 3. The van der Waals surface area contributed by atoms with E-state index in [1.807, 2.05) is 0 Å². The summed E-state index contributed by atoms with van der Waals surface area (Å²) in [4.78, 5) is 27.0. The maximum atomic E-state index is 11.8. The number of carbonyl (C=O) groups excluding carboxylic acids is 2. The number of carbonyl (C=O) groups is 2. The van der Waals surface area contributed by atoms with Gasteiger partial charge in [0.25, 0.3) is 0 Å². The van der Waals surface area contributed by atoms with E-state index in [1.54, 1.807) is 19.0 Å². The van der Waals surface area contributed by atoms with Crippen molar-refractivity contribution in [2.75, 3.05) is 27.2 Å². The molecule has 0 spiro atoms. The molecule has 4 heteroatoms. The Balaban J connectivity index is 2.57. The lowest BCUT2D eigenvalue weighted by molar-refractivity contribution is -0.132. The van der Waals surface area contributed by atoms with E-state index in [1.165, 1.54) is 0 Å². The van der Waals surface area contributed by atoms with Gasteiger partial charge in [0.05, 0.1) is 6.54 Å². The minimum atomic E-state index is 0.122. The fourth-order valence-electron chi connectivity index (χ4n) is 2.31. The van der Waals surface area contributed by atoms with Gasteiger partial charge in [0.1, 0.15) is 5.78 Å². The highest BCUT2D eigenvalue weighted by Gasteiger charge is 2.26. The van der Waals surface area contributed by atoms with Crippen molar-refractivity contribution >= 4 is 11.7 Å². The van der Waals surface area contributed by atoms with Gasteiger partial charge in [-0.1, -0.05) is 6.92 Å². The minimum absolute atomic E-state index is 0.122. The molecule has 1 aliphatic carbocycles. The van der Waals surface area contributed by atoms with Crippen LogP contribution >= 0.6 is 0 Å². The summed E-state index contributed by atoms with van der Waals surface area (Å²) < 4.78 is 0. The fourth-order valence-corrected chi connectivity index (χ4v) is 2.31. The summed E-state index contributed by atoms with van der Waals surface area (Å²) in [6, 6.07) is 0.278. The van der Waals surface area contributed by atoms with Crippen molar-refractivity contribution in [2.45, 2.75) is 45.1 Å². The fraction of sp³-hybridized carbons (Fsp3) is 0.846. The summed E-state index contributed by atoms with van der Waals surface area (Å²) in [6.07, 6.45) is 4.39. The van der Waals surface area contributed by atoms with Gasteiger partial charge in [-0.25, -0.2) is 0 Å². The third-order valence-corrected chi connectivity index (χ3v) is 3.32. The molecule has 1 fully saturated rings.